The van der Waals surface area contributed by atoms with Crippen molar-refractivity contribution in [3.05, 3.63) is 23.7 Å². The first-order valence-electron chi connectivity index (χ1n) is 5.20. The summed E-state index contributed by atoms with van der Waals surface area (Å²) in [6.07, 6.45) is 1.41. The molecule has 1 N–H and O–H groups in total. The van der Waals surface area contributed by atoms with Crippen molar-refractivity contribution >= 4 is 5.97 Å². The van der Waals surface area contributed by atoms with Gasteiger partial charge in [0, 0.05) is 25.8 Å². The number of carboxylic acid groups (broad SMARTS) is 1. The van der Waals surface area contributed by atoms with Gasteiger partial charge in [-0.15, -0.1) is 0 Å². The van der Waals surface area contributed by atoms with Gasteiger partial charge in [0.15, 0.2) is 0 Å². The molecule has 0 saturated carbocycles. The molecule has 0 atom stereocenters. The van der Waals surface area contributed by atoms with Crippen LogP contribution in [0.25, 0.3) is 0 Å². The summed E-state index contributed by atoms with van der Waals surface area (Å²) < 4.78 is 9.91. The second-order valence-electron chi connectivity index (χ2n) is 3.44. The molecule has 1 aromatic rings. The molecule has 0 aliphatic carbocycles. The first kappa shape index (κ1) is 12.7. The standard InChI is InChI=1S/C11H17NO4/c1-3-12(5-7-15-2)8-9-4-6-16-10(9)11(13)14/h4,6H,3,5,7-8H2,1-2H3,(H,13,14). The van der Waals surface area contributed by atoms with Crippen LogP contribution < -0.4 is 0 Å². The average Bonchev–Trinajstić information content (AvgIpc) is 2.72. The zero-order valence-electron chi connectivity index (χ0n) is 9.60. The number of nitrogens with zero attached hydrogens (tertiary/aromatic N) is 1. The quantitative estimate of drug-likeness (QED) is 0.763. The van der Waals surface area contributed by atoms with Crippen LogP contribution in [0, 0.1) is 0 Å². The van der Waals surface area contributed by atoms with E-state index in [1.807, 2.05) is 6.92 Å². The Hall–Kier alpha value is -1.33. The van der Waals surface area contributed by atoms with E-state index in [4.69, 9.17) is 14.3 Å². The van der Waals surface area contributed by atoms with Gasteiger partial charge in [0.25, 0.3) is 0 Å². The molecular formula is C11H17NO4. The molecule has 0 radical (unpaired) electrons. The Morgan fingerprint density at radius 3 is 2.94 bits per heavy atom. The molecule has 0 aliphatic rings. The van der Waals surface area contributed by atoms with E-state index in [0.29, 0.717) is 18.7 Å². The highest BCUT2D eigenvalue weighted by Gasteiger charge is 2.15. The average molecular weight is 227 g/mol. The maximum absolute atomic E-state index is 10.8. The van der Waals surface area contributed by atoms with Crippen LogP contribution in [0.5, 0.6) is 0 Å². The van der Waals surface area contributed by atoms with Crippen molar-refractivity contribution in [2.75, 3.05) is 26.8 Å². The normalized spacial score (nSPS) is 10.9. The van der Waals surface area contributed by atoms with Crippen LogP contribution in [0.1, 0.15) is 23.0 Å². The van der Waals surface area contributed by atoms with Crippen LogP contribution in [0.4, 0.5) is 0 Å². The summed E-state index contributed by atoms with van der Waals surface area (Å²) in [6, 6.07) is 1.69. The lowest BCUT2D eigenvalue weighted by Crippen LogP contribution is -2.27. The third kappa shape index (κ3) is 3.36. The maximum Gasteiger partial charge on any atom is 0.372 e. The summed E-state index contributed by atoms with van der Waals surface area (Å²) in [4.78, 5) is 12.9. The topological polar surface area (TPSA) is 62.9 Å². The maximum atomic E-state index is 10.8. The Kier molecular flexibility index (Phi) is 5.01. The Morgan fingerprint density at radius 2 is 2.38 bits per heavy atom. The molecule has 0 aromatic carbocycles. The molecule has 0 bridgehead atoms. The van der Waals surface area contributed by atoms with E-state index < -0.39 is 5.97 Å². The van der Waals surface area contributed by atoms with E-state index in [9.17, 15) is 4.79 Å². The van der Waals surface area contributed by atoms with Crippen molar-refractivity contribution in [2.45, 2.75) is 13.5 Å². The summed E-state index contributed by atoms with van der Waals surface area (Å²) >= 11 is 0. The lowest BCUT2D eigenvalue weighted by atomic mass is 10.2. The molecule has 90 valence electrons. The zero-order chi connectivity index (χ0) is 12.0. The molecule has 16 heavy (non-hydrogen) atoms. The molecule has 0 saturated heterocycles. The first-order chi connectivity index (χ1) is 7.69. The predicted molar refractivity (Wildman–Crippen MR) is 58.5 cm³/mol. The van der Waals surface area contributed by atoms with Crippen LogP contribution >= 0.6 is 0 Å². The Balaban J connectivity index is 2.62. The van der Waals surface area contributed by atoms with Gasteiger partial charge in [0.2, 0.25) is 5.76 Å². The molecule has 0 unspecified atom stereocenters. The van der Waals surface area contributed by atoms with Crippen LogP contribution in [0.15, 0.2) is 16.7 Å². The number of furan rings is 1. The molecule has 5 heteroatoms. The number of aromatic carboxylic acids is 1. The molecule has 1 heterocycles. The largest absolute Gasteiger partial charge is 0.475 e. The van der Waals surface area contributed by atoms with E-state index in [-0.39, 0.29) is 5.76 Å². The minimum atomic E-state index is -1.03. The number of rotatable bonds is 7. The van der Waals surface area contributed by atoms with E-state index in [1.54, 1.807) is 13.2 Å². The van der Waals surface area contributed by atoms with Gasteiger partial charge in [0.1, 0.15) is 0 Å². The molecule has 0 fully saturated rings. The number of carboxylic acids is 1. The van der Waals surface area contributed by atoms with Gasteiger partial charge >= 0.3 is 5.97 Å². The number of methoxy groups -OCH3 is 1. The van der Waals surface area contributed by atoms with Crippen molar-refractivity contribution in [1.29, 1.82) is 0 Å². The molecule has 5 nitrogen and oxygen atoms in total. The van der Waals surface area contributed by atoms with Gasteiger partial charge in [-0.2, -0.15) is 0 Å². The first-order valence-corrected chi connectivity index (χ1v) is 5.20. The third-order valence-electron chi connectivity index (χ3n) is 2.39. The highest BCUT2D eigenvalue weighted by molar-refractivity contribution is 5.86. The SMILES string of the molecule is CCN(CCOC)Cc1ccoc1C(=O)O. The molecule has 1 rings (SSSR count). The van der Waals surface area contributed by atoms with E-state index in [1.165, 1.54) is 6.26 Å². The minimum Gasteiger partial charge on any atom is -0.475 e. The number of likely N-dealkylation sites (N-methyl/N-ethyl adjacent to an activating group) is 1. The van der Waals surface area contributed by atoms with Gasteiger partial charge in [-0.25, -0.2) is 4.79 Å². The van der Waals surface area contributed by atoms with Crippen LogP contribution in [-0.2, 0) is 11.3 Å². The van der Waals surface area contributed by atoms with Crippen molar-refractivity contribution in [3.63, 3.8) is 0 Å². The number of hydrogen-bond donors (Lipinski definition) is 1. The summed E-state index contributed by atoms with van der Waals surface area (Å²) in [5, 5.41) is 8.88. The number of hydrogen-bond acceptors (Lipinski definition) is 4. The Labute approximate surface area is 94.6 Å². The van der Waals surface area contributed by atoms with Gasteiger partial charge in [0.05, 0.1) is 12.9 Å². The van der Waals surface area contributed by atoms with Crippen molar-refractivity contribution in [3.8, 4) is 0 Å². The van der Waals surface area contributed by atoms with Crippen molar-refractivity contribution in [1.82, 2.24) is 4.90 Å². The smallest absolute Gasteiger partial charge is 0.372 e. The van der Waals surface area contributed by atoms with E-state index in [2.05, 4.69) is 4.90 Å². The molecular weight excluding hydrogens is 210 g/mol. The third-order valence-corrected chi connectivity index (χ3v) is 2.39. The monoisotopic (exact) mass is 227 g/mol. The summed E-state index contributed by atoms with van der Waals surface area (Å²) in [5.74, 6) is -1.00. The van der Waals surface area contributed by atoms with Crippen LogP contribution in [0.2, 0.25) is 0 Å². The Bertz CT molecular complexity index is 334. The fourth-order valence-corrected chi connectivity index (χ4v) is 1.46. The highest BCUT2D eigenvalue weighted by Crippen LogP contribution is 2.13. The number of ether oxygens (including phenoxy) is 1. The second-order valence-corrected chi connectivity index (χ2v) is 3.44. The highest BCUT2D eigenvalue weighted by atomic mass is 16.5. The predicted octanol–water partition coefficient (Wildman–Crippen LogP) is 1.45. The summed E-state index contributed by atoms with van der Waals surface area (Å²) in [6.45, 7) is 4.84. The van der Waals surface area contributed by atoms with Crippen molar-refractivity contribution in [2.24, 2.45) is 0 Å². The summed E-state index contributed by atoms with van der Waals surface area (Å²) in [7, 11) is 1.65. The minimum absolute atomic E-state index is 0.0240. The van der Waals surface area contributed by atoms with E-state index >= 15 is 0 Å². The fourth-order valence-electron chi connectivity index (χ4n) is 1.46. The second kappa shape index (κ2) is 6.30. The number of carbonyl (C=O) groups is 1. The van der Waals surface area contributed by atoms with Gasteiger partial charge in [-0.05, 0) is 12.6 Å². The van der Waals surface area contributed by atoms with Crippen LogP contribution in [-0.4, -0.2) is 42.8 Å². The van der Waals surface area contributed by atoms with Gasteiger partial charge in [-0.1, -0.05) is 6.92 Å². The van der Waals surface area contributed by atoms with Gasteiger partial charge in [-0.3, -0.25) is 4.90 Å². The molecule has 1 aromatic heterocycles. The molecule has 0 amide bonds. The van der Waals surface area contributed by atoms with Crippen LogP contribution in [0.3, 0.4) is 0 Å². The fraction of sp³-hybridized carbons (Fsp3) is 0.545. The molecule has 0 aliphatic heterocycles. The molecule has 0 spiro atoms. The van der Waals surface area contributed by atoms with Gasteiger partial charge < -0.3 is 14.3 Å². The Morgan fingerprint density at radius 1 is 1.62 bits per heavy atom. The zero-order valence-corrected chi connectivity index (χ0v) is 9.60. The van der Waals surface area contributed by atoms with Crippen molar-refractivity contribution < 1.29 is 19.1 Å². The van der Waals surface area contributed by atoms with E-state index in [0.717, 1.165) is 13.1 Å². The lowest BCUT2D eigenvalue weighted by molar-refractivity contribution is 0.0658. The summed E-state index contributed by atoms with van der Waals surface area (Å²) in [5.41, 5.74) is 0.699. The lowest BCUT2D eigenvalue weighted by Gasteiger charge is -2.19.